The van der Waals surface area contributed by atoms with Crippen molar-refractivity contribution in [3.8, 4) is 0 Å². The Morgan fingerprint density at radius 3 is 2.73 bits per heavy atom. The number of carbonyl (C=O) groups excluding carboxylic acids is 1. The van der Waals surface area contributed by atoms with Gasteiger partial charge in [-0.05, 0) is 31.2 Å². The lowest BCUT2D eigenvalue weighted by atomic mass is 9.72. The van der Waals surface area contributed by atoms with Gasteiger partial charge in [-0.1, -0.05) is 6.92 Å². The van der Waals surface area contributed by atoms with Crippen LogP contribution >= 0.6 is 0 Å². The van der Waals surface area contributed by atoms with E-state index in [1.54, 1.807) is 0 Å². The van der Waals surface area contributed by atoms with Gasteiger partial charge in [0.25, 0.3) is 0 Å². The second kappa shape index (κ2) is 3.35. The van der Waals surface area contributed by atoms with Crippen LogP contribution in [0.1, 0.15) is 39.0 Å². The minimum Gasteiger partial charge on any atom is -0.330 e. The van der Waals surface area contributed by atoms with Crippen LogP contribution in [-0.4, -0.2) is 12.3 Å². The fourth-order valence-electron chi connectivity index (χ4n) is 1.88. The number of ketones is 1. The summed E-state index contributed by atoms with van der Waals surface area (Å²) in [6, 6.07) is 0. The molecule has 2 heteroatoms. The van der Waals surface area contributed by atoms with Crippen LogP contribution < -0.4 is 5.73 Å². The average Bonchev–Trinajstić information content (AvgIpc) is 2.04. The molecule has 0 bridgehead atoms. The Balaban J connectivity index is 2.59. The molecule has 1 aliphatic rings. The summed E-state index contributed by atoms with van der Waals surface area (Å²) in [5.74, 6) is 0.406. The molecule has 1 saturated carbocycles. The highest BCUT2D eigenvalue weighted by atomic mass is 16.1. The molecule has 0 amide bonds. The standard InChI is InChI=1S/C9H17NO/c1-2-9(7-10)5-3-4-8(11)6-9/h2-7,10H2,1H3. The van der Waals surface area contributed by atoms with E-state index in [4.69, 9.17) is 5.73 Å². The number of Topliss-reactive ketones (excluding diaryl/α,β-unsaturated/α-hetero) is 1. The van der Waals surface area contributed by atoms with Gasteiger partial charge < -0.3 is 5.73 Å². The number of hydrogen-bond donors (Lipinski definition) is 1. The number of nitrogens with two attached hydrogens (primary N) is 1. The molecule has 11 heavy (non-hydrogen) atoms. The van der Waals surface area contributed by atoms with Gasteiger partial charge in [0.2, 0.25) is 0 Å². The van der Waals surface area contributed by atoms with Crippen LogP contribution in [0.25, 0.3) is 0 Å². The third-order valence-corrected chi connectivity index (χ3v) is 2.92. The van der Waals surface area contributed by atoms with E-state index in [1.165, 1.54) is 0 Å². The Kier molecular flexibility index (Phi) is 2.66. The van der Waals surface area contributed by atoms with Gasteiger partial charge in [0.05, 0.1) is 0 Å². The molecule has 64 valence electrons. The van der Waals surface area contributed by atoms with Crippen LogP contribution in [0.4, 0.5) is 0 Å². The highest BCUT2D eigenvalue weighted by molar-refractivity contribution is 5.79. The molecule has 1 unspecified atom stereocenters. The molecule has 1 fully saturated rings. The summed E-state index contributed by atoms with van der Waals surface area (Å²) in [5, 5.41) is 0. The van der Waals surface area contributed by atoms with Gasteiger partial charge >= 0.3 is 0 Å². The van der Waals surface area contributed by atoms with Crippen molar-refractivity contribution in [3.63, 3.8) is 0 Å². The highest BCUT2D eigenvalue weighted by Gasteiger charge is 2.32. The van der Waals surface area contributed by atoms with E-state index in [0.717, 1.165) is 32.1 Å². The van der Waals surface area contributed by atoms with E-state index in [1.807, 2.05) is 0 Å². The predicted octanol–water partition coefficient (Wildman–Crippen LogP) is 1.48. The topological polar surface area (TPSA) is 43.1 Å². The molecule has 0 aliphatic heterocycles. The van der Waals surface area contributed by atoms with Crippen LogP contribution in [0, 0.1) is 5.41 Å². The zero-order chi connectivity index (χ0) is 8.32. The van der Waals surface area contributed by atoms with Crippen molar-refractivity contribution in [2.24, 2.45) is 11.1 Å². The fourth-order valence-corrected chi connectivity index (χ4v) is 1.88. The third kappa shape index (κ3) is 1.80. The largest absolute Gasteiger partial charge is 0.330 e. The summed E-state index contributed by atoms with van der Waals surface area (Å²) in [5.41, 5.74) is 5.82. The summed E-state index contributed by atoms with van der Waals surface area (Å²) in [7, 11) is 0. The first-order valence-electron chi connectivity index (χ1n) is 4.44. The van der Waals surface area contributed by atoms with Crippen molar-refractivity contribution < 1.29 is 4.79 Å². The number of rotatable bonds is 2. The molecule has 0 radical (unpaired) electrons. The van der Waals surface area contributed by atoms with Gasteiger partial charge in [-0.3, -0.25) is 4.79 Å². The average molecular weight is 155 g/mol. The molecule has 0 heterocycles. The zero-order valence-electron chi connectivity index (χ0n) is 7.23. The normalized spacial score (nSPS) is 32.4. The predicted molar refractivity (Wildman–Crippen MR) is 45.3 cm³/mol. The van der Waals surface area contributed by atoms with E-state index in [9.17, 15) is 4.79 Å². The van der Waals surface area contributed by atoms with Gasteiger partial charge in [0, 0.05) is 12.8 Å². The Morgan fingerprint density at radius 1 is 1.64 bits per heavy atom. The van der Waals surface area contributed by atoms with Crippen molar-refractivity contribution in [1.29, 1.82) is 0 Å². The summed E-state index contributed by atoms with van der Waals surface area (Å²) in [4.78, 5) is 11.1. The lowest BCUT2D eigenvalue weighted by molar-refractivity contribution is -0.123. The molecule has 0 aromatic heterocycles. The molecule has 1 atom stereocenters. The van der Waals surface area contributed by atoms with Crippen molar-refractivity contribution in [1.82, 2.24) is 0 Å². The first-order valence-corrected chi connectivity index (χ1v) is 4.44. The van der Waals surface area contributed by atoms with Crippen molar-refractivity contribution >= 4 is 5.78 Å². The molecular weight excluding hydrogens is 138 g/mol. The second-order valence-corrected chi connectivity index (χ2v) is 3.63. The molecule has 2 nitrogen and oxygen atoms in total. The van der Waals surface area contributed by atoms with Gasteiger partial charge in [-0.25, -0.2) is 0 Å². The van der Waals surface area contributed by atoms with Crippen LogP contribution in [0.15, 0.2) is 0 Å². The third-order valence-electron chi connectivity index (χ3n) is 2.92. The Morgan fingerprint density at radius 2 is 2.36 bits per heavy atom. The van der Waals surface area contributed by atoms with E-state index >= 15 is 0 Å². The monoisotopic (exact) mass is 155 g/mol. The maximum absolute atomic E-state index is 11.1. The minimum absolute atomic E-state index is 0.162. The van der Waals surface area contributed by atoms with Gasteiger partial charge in [0.1, 0.15) is 5.78 Å². The van der Waals surface area contributed by atoms with Crippen molar-refractivity contribution in [2.75, 3.05) is 6.54 Å². The van der Waals surface area contributed by atoms with E-state index in [2.05, 4.69) is 6.92 Å². The molecule has 2 N–H and O–H groups in total. The molecule has 1 aliphatic carbocycles. The summed E-state index contributed by atoms with van der Waals surface area (Å²) >= 11 is 0. The summed E-state index contributed by atoms with van der Waals surface area (Å²) < 4.78 is 0. The molecule has 1 rings (SSSR count). The zero-order valence-corrected chi connectivity index (χ0v) is 7.23. The Labute approximate surface area is 68.2 Å². The van der Waals surface area contributed by atoms with Gasteiger partial charge in [-0.2, -0.15) is 0 Å². The highest BCUT2D eigenvalue weighted by Crippen LogP contribution is 2.36. The maximum Gasteiger partial charge on any atom is 0.133 e. The molecule has 0 saturated heterocycles. The van der Waals surface area contributed by atoms with Crippen LogP contribution in [0.3, 0.4) is 0 Å². The molecule has 0 spiro atoms. The summed E-state index contributed by atoms with van der Waals surface area (Å²) in [6.07, 6.45) is 4.74. The smallest absolute Gasteiger partial charge is 0.133 e. The summed E-state index contributed by atoms with van der Waals surface area (Å²) in [6.45, 7) is 2.81. The SMILES string of the molecule is CCC1(CN)CCCC(=O)C1. The molecular formula is C9H17NO. The maximum atomic E-state index is 11.1. The van der Waals surface area contributed by atoms with Crippen LogP contribution in [0.2, 0.25) is 0 Å². The Bertz CT molecular complexity index is 150. The van der Waals surface area contributed by atoms with Crippen molar-refractivity contribution in [3.05, 3.63) is 0 Å². The quantitative estimate of drug-likeness (QED) is 0.656. The number of hydrogen-bond acceptors (Lipinski definition) is 2. The number of carbonyl (C=O) groups is 1. The first kappa shape index (κ1) is 8.72. The van der Waals surface area contributed by atoms with E-state index in [-0.39, 0.29) is 5.41 Å². The lowest BCUT2D eigenvalue weighted by Gasteiger charge is -2.34. The second-order valence-electron chi connectivity index (χ2n) is 3.63. The van der Waals surface area contributed by atoms with Gasteiger partial charge in [-0.15, -0.1) is 0 Å². The van der Waals surface area contributed by atoms with Crippen LogP contribution in [0.5, 0.6) is 0 Å². The van der Waals surface area contributed by atoms with Gasteiger partial charge in [0.15, 0.2) is 0 Å². The molecule has 0 aromatic carbocycles. The first-order chi connectivity index (χ1) is 5.22. The minimum atomic E-state index is 0.162. The molecule has 0 aromatic rings. The van der Waals surface area contributed by atoms with Crippen molar-refractivity contribution in [2.45, 2.75) is 39.0 Å². The lowest BCUT2D eigenvalue weighted by Crippen LogP contribution is -2.35. The van der Waals surface area contributed by atoms with E-state index < -0.39 is 0 Å². The van der Waals surface area contributed by atoms with Crippen LogP contribution in [-0.2, 0) is 4.79 Å². The fraction of sp³-hybridized carbons (Fsp3) is 0.889. The Hall–Kier alpha value is -0.370. The van der Waals surface area contributed by atoms with E-state index in [0.29, 0.717) is 12.3 Å².